The summed E-state index contributed by atoms with van der Waals surface area (Å²) >= 11 is 0. The fourth-order valence-corrected chi connectivity index (χ4v) is 8.15. The van der Waals surface area contributed by atoms with E-state index in [2.05, 4.69) is 0 Å². The van der Waals surface area contributed by atoms with Crippen LogP contribution in [0.2, 0.25) is 0 Å². The van der Waals surface area contributed by atoms with Crippen LogP contribution in [0, 0.1) is 0 Å². The van der Waals surface area contributed by atoms with Crippen molar-refractivity contribution in [3.8, 4) is 0 Å². The lowest BCUT2D eigenvalue weighted by Crippen LogP contribution is -2.53. The Morgan fingerprint density at radius 3 is 1.59 bits per heavy atom. The number of carboxylic acids is 5. The van der Waals surface area contributed by atoms with E-state index >= 15 is 0 Å². The summed E-state index contributed by atoms with van der Waals surface area (Å²) in [4.78, 5) is 72.7. The Balaban J connectivity index is 1.80. The molecule has 0 radical (unpaired) electrons. The minimum atomic E-state index is -4.84. The van der Waals surface area contributed by atoms with E-state index in [1.807, 2.05) is 60.7 Å². The fourth-order valence-electron chi connectivity index (χ4n) is 7.14. The second kappa shape index (κ2) is 21.0. The van der Waals surface area contributed by atoms with E-state index < -0.39 is 95.2 Å². The summed E-state index contributed by atoms with van der Waals surface area (Å²) in [6.45, 7) is -2.86. The Morgan fingerprint density at radius 2 is 1.17 bits per heavy atom. The molecule has 3 unspecified atom stereocenters. The second-order valence-electron chi connectivity index (χ2n) is 13.4. The molecular formula is C36H50N3O14P. The first-order valence-electron chi connectivity index (χ1n) is 17.6. The largest absolute Gasteiger partial charge is 0.480 e. The lowest BCUT2D eigenvalue weighted by molar-refractivity contribution is -0.146. The molecule has 2 aromatic carbocycles. The van der Waals surface area contributed by atoms with E-state index in [1.54, 1.807) is 6.92 Å². The number of hydrogen-bond donors (Lipinski definition) is 6. The highest BCUT2D eigenvalue weighted by molar-refractivity contribution is 7.47. The van der Waals surface area contributed by atoms with Crippen LogP contribution in [-0.4, -0.2) is 146 Å². The van der Waals surface area contributed by atoms with Gasteiger partial charge in [-0.25, -0.2) is 4.57 Å². The molecule has 0 aliphatic heterocycles. The quantitative estimate of drug-likeness (QED) is 0.0793. The normalized spacial score (nSPS) is 16.8. The molecule has 3 atom stereocenters. The summed E-state index contributed by atoms with van der Waals surface area (Å²) in [5, 5.41) is 47.4. The van der Waals surface area contributed by atoms with Crippen LogP contribution < -0.4 is 0 Å². The Morgan fingerprint density at radius 1 is 0.722 bits per heavy atom. The van der Waals surface area contributed by atoms with Crippen molar-refractivity contribution >= 4 is 37.7 Å². The number of hydrogen-bond acceptors (Lipinski definition) is 11. The van der Waals surface area contributed by atoms with Gasteiger partial charge in [-0.3, -0.25) is 47.7 Å². The van der Waals surface area contributed by atoms with Crippen molar-refractivity contribution in [1.82, 2.24) is 14.7 Å². The molecule has 0 heterocycles. The zero-order valence-corrected chi connectivity index (χ0v) is 31.0. The van der Waals surface area contributed by atoms with Gasteiger partial charge < -0.3 is 30.4 Å². The molecular weight excluding hydrogens is 729 g/mol. The van der Waals surface area contributed by atoms with Crippen molar-refractivity contribution in [2.24, 2.45) is 0 Å². The molecule has 1 aliphatic carbocycles. The van der Waals surface area contributed by atoms with Crippen molar-refractivity contribution in [2.45, 2.75) is 69.1 Å². The van der Waals surface area contributed by atoms with Gasteiger partial charge in [-0.1, -0.05) is 67.6 Å². The Labute approximate surface area is 313 Å². The van der Waals surface area contributed by atoms with Gasteiger partial charge in [0.2, 0.25) is 0 Å². The zero-order chi connectivity index (χ0) is 39.9. The molecule has 6 N–H and O–H groups in total. The Kier molecular flexibility index (Phi) is 17.2. The average molecular weight is 780 g/mol. The highest BCUT2D eigenvalue weighted by Crippen LogP contribution is 2.51. The summed E-state index contributed by atoms with van der Waals surface area (Å²) in [5.41, 5.74) is 1.85. The number of aliphatic carboxylic acids is 5. The molecule has 0 amide bonds. The van der Waals surface area contributed by atoms with Crippen LogP contribution in [0.1, 0.15) is 56.6 Å². The van der Waals surface area contributed by atoms with Crippen LogP contribution >= 0.6 is 7.82 Å². The summed E-state index contributed by atoms with van der Waals surface area (Å²) in [7, 11) is -4.84. The van der Waals surface area contributed by atoms with Crippen LogP contribution in [0.25, 0.3) is 0 Å². The lowest BCUT2D eigenvalue weighted by atomic mass is 9.65. The third-order valence-corrected chi connectivity index (χ3v) is 10.7. The molecule has 18 heteroatoms. The molecule has 1 aliphatic rings. The van der Waals surface area contributed by atoms with Gasteiger partial charge in [-0.05, 0) is 49.7 Å². The molecule has 1 fully saturated rings. The third-order valence-electron chi connectivity index (χ3n) is 9.61. The average Bonchev–Trinajstić information content (AvgIpc) is 3.09. The van der Waals surface area contributed by atoms with Gasteiger partial charge in [-0.15, -0.1) is 0 Å². The first-order chi connectivity index (χ1) is 25.5. The van der Waals surface area contributed by atoms with Crippen molar-refractivity contribution in [3.05, 3.63) is 71.8 Å². The van der Waals surface area contributed by atoms with Crippen LogP contribution in [-0.2, 0) is 43.0 Å². The van der Waals surface area contributed by atoms with Gasteiger partial charge in [0.05, 0.1) is 45.4 Å². The maximum Gasteiger partial charge on any atom is 0.472 e. The zero-order valence-electron chi connectivity index (χ0n) is 30.1. The Hall–Kier alpha value is -4.22. The highest BCUT2D eigenvalue weighted by atomic mass is 31.2. The minimum absolute atomic E-state index is 0.0563. The van der Waals surface area contributed by atoms with Crippen molar-refractivity contribution < 1.29 is 68.0 Å². The number of phosphoric ester groups is 1. The lowest BCUT2D eigenvalue weighted by Gasteiger charge is -2.41. The molecule has 0 aromatic heterocycles. The van der Waals surface area contributed by atoms with Gasteiger partial charge >= 0.3 is 37.7 Å². The van der Waals surface area contributed by atoms with E-state index in [0.29, 0.717) is 25.7 Å². The van der Waals surface area contributed by atoms with Gasteiger partial charge in [0.15, 0.2) is 0 Å². The van der Waals surface area contributed by atoms with Gasteiger partial charge in [0.25, 0.3) is 0 Å². The SMILES string of the molecule is CCC(CCN(CC(=O)O)CC(=O)O)N(CC(=O)O)CC(COP(=O)(O)OC1CCC(c2ccccc2)(c2ccccc2)CC1)N(CC(=O)O)CC(=O)O. The molecule has 1 saturated carbocycles. The number of benzene rings is 2. The molecule has 3 rings (SSSR count). The van der Waals surface area contributed by atoms with E-state index in [0.717, 1.165) is 20.9 Å². The summed E-state index contributed by atoms with van der Waals surface area (Å²) < 4.78 is 24.5. The first kappa shape index (κ1) is 44.2. The standard InChI is InChI=1S/C36H50N3O14P/c1-2-28(15-18-37(20-31(40)41)21-32(42)43)38(22-33(44)45)19-29(39(23-34(46)47)24-35(48)49)25-52-54(50,51)53-30-13-16-36(17-14-30,26-9-5-3-6-10-26)27-11-7-4-8-12-27/h3-12,28-30H,2,13-25H2,1H3,(H,40,41)(H,42,43)(H,44,45)(H,46,47)(H,48,49)(H,50,51). The fraction of sp³-hybridized carbons (Fsp3) is 0.528. The van der Waals surface area contributed by atoms with E-state index in [1.165, 1.54) is 4.90 Å². The highest BCUT2D eigenvalue weighted by Gasteiger charge is 2.41. The molecule has 0 bridgehead atoms. The van der Waals surface area contributed by atoms with Gasteiger partial charge in [0.1, 0.15) is 0 Å². The van der Waals surface area contributed by atoms with E-state index in [4.69, 9.17) is 9.05 Å². The number of carboxylic acid groups (broad SMARTS) is 5. The predicted molar refractivity (Wildman–Crippen MR) is 193 cm³/mol. The number of nitrogens with zero attached hydrogens (tertiary/aromatic N) is 3. The van der Waals surface area contributed by atoms with Gasteiger partial charge in [-0.2, -0.15) is 0 Å². The van der Waals surface area contributed by atoms with Crippen LogP contribution in [0.3, 0.4) is 0 Å². The predicted octanol–water partition coefficient (Wildman–Crippen LogP) is 2.92. The van der Waals surface area contributed by atoms with Crippen LogP contribution in [0.5, 0.6) is 0 Å². The number of rotatable bonds is 25. The monoisotopic (exact) mass is 779 g/mol. The minimum Gasteiger partial charge on any atom is -0.480 e. The summed E-state index contributed by atoms with van der Waals surface area (Å²) in [5.74, 6) is -6.65. The maximum atomic E-state index is 13.4. The molecule has 0 saturated heterocycles. The van der Waals surface area contributed by atoms with Crippen molar-refractivity contribution in [1.29, 1.82) is 0 Å². The van der Waals surface area contributed by atoms with E-state index in [-0.39, 0.29) is 31.3 Å². The topological polar surface area (TPSA) is 252 Å². The summed E-state index contributed by atoms with van der Waals surface area (Å²) in [6.07, 6.45) is 1.68. The van der Waals surface area contributed by atoms with Crippen LogP contribution in [0.15, 0.2) is 60.7 Å². The molecule has 54 heavy (non-hydrogen) atoms. The van der Waals surface area contributed by atoms with Crippen molar-refractivity contribution in [2.75, 3.05) is 52.4 Å². The number of carbonyl (C=O) groups is 5. The number of phosphoric acid groups is 1. The second-order valence-corrected chi connectivity index (χ2v) is 14.8. The van der Waals surface area contributed by atoms with Crippen molar-refractivity contribution in [3.63, 3.8) is 0 Å². The molecule has 17 nitrogen and oxygen atoms in total. The smallest absolute Gasteiger partial charge is 0.472 e. The summed E-state index contributed by atoms with van der Waals surface area (Å²) in [6, 6.07) is 18.0. The Bertz CT molecular complexity index is 1520. The van der Waals surface area contributed by atoms with E-state index in [9.17, 15) is 59.0 Å². The first-order valence-corrected chi connectivity index (χ1v) is 19.1. The molecule has 2 aromatic rings. The van der Waals surface area contributed by atoms with Crippen LogP contribution in [0.4, 0.5) is 0 Å². The third kappa shape index (κ3) is 14.2. The maximum absolute atomic E-state index is 13.4. The molecule has 0 spiro atoms. The molecule has 298 valence electrons. The van der Waals surface area contributed by atoms with Gasteiger partial charge in [0, 0.05) is 30.6 Å².